The van der Waals surface area contributed by atoms with E-state index in [1.54, 1.807) is 6.07 Å². The minimum absolute atomic E-state index is 0.433. The molecule has 1 N–H and O–H groups in total. The van der Waals surface area contributed by atoms with Gasteiger partial charge in [0.2, 0.25) is 0 Å². The first-order valence-corrected chi connectivity index (χ1v) is 6.26. The van der Waals surface area contributed by atoms with Crippen molar-refractivity contribution < 1.29 is 9.53 Å². The van der Waals surface area contributed by atoms with Gasteiger partial charge in [0.15, 0.2) is 0 Å². The van der Waals surface area contributed by atoms with Crippen molar-refractivity contribution in [3.63, 3.8) is 0 Å². The van der Waals surface area contributed by atoms with Gasteiger partial charge in [0, 0.05) is 5.69 Å². The zero-order valence-corrected chi connectivity index (χ0v) is 11.8. The summed E-state index contributed by atoms with van der Waals surface area (Å²) in [6.07, 6.45) is 0.540. The first-order chi connectivity index (χ1) is 8.26. The summed E-state index contributed by atoms with van der Waals surface area (Å²) in [6, 6.07) is 8.68. The van der Waals surface area contributed by atoms with E-state index in [2.05, 4.69) is 25.2 Å². The predicted molar refractivity (Wildman–Crippen MR) is 73.7 cm³/mol. The van der Waals surface area contributed by atoms with E-state index >= 15 is 0 Å². The first-order valence-electron chi connectivity index (χ1n) is 6.26. The number of anilines is 1. The average Bonchev–Trinajstić information content (AvgIpc) is 2.13. The molecule has 18 heavy (non-hydrogen) atoms. The van der Waals surface area contributed by atoms with E-state index < -0.39 is 11.7 Å². The lowest BCUT2D eigenvalue weighted by Gasteiger charge is -2.19. The van der Waals surface area contributed by atoms with Gasteiger partial charge in [-0.1, -0.05) is 19.9 Å². The quantitative estimate of drug-likeness (QED) is 0.877. The summed E-state index contributed by atoms with van der Waals surface area (Å²) in [5.41, 5.74) is 1.41. The van der Waals surface area contributed by atoms with Crippen LogP contribution in [0.1, 0.15) is 40.2 Å². The molecule has 0 aliphatic rings. The number of benzene rings is 1. The van der Waals surface area contributed by atoms with Crippen molar-refractivity contribution in [1.29, 1.82) is 0 Å². The van der Waals surface area contributed by atoms with Gasteiger partial charge >= 0.3 is 6.09 Å². The lowest BCUT2D eigenvalue weighted by Crippen LogP contribution is -2.27. The SMILES string of the molecule is CC(C)Cc1c[c]cc(NC(=O)OC(C)(C)C)c1. The smallest absolute Gasteiger partial charge is 0.412 e. The lowest BCUT2D eigenvalue weighted by molar-refractivity contribution is 0.0636. The molecule has 0 saturated carbocycles. The van der Waals surface area contributed by atoms with Gasteiger partial charge in [0.05, 0.1) is 0 Å². The Balaban J connectivity index is 2.65. The topological polar surface area (TPSA) is 38.3 Å². The molecule has 0 aliphatic heterocycles. The molecule has 0 aliphatic carbocycles. The van der Waals surface area contributed by atoms with Crippen LogP contribution >= 0.6 is 0 Å². The first kappa shape index (κ1) is 14.6. The lowest BCUT2D eigenvalue weighted by atomic mass is 10.0. The van der Waals surface area contributed by atoms with E-state index in [0.29, 0.717) is 5.92 Å². The molecule has 0 aromatic heterocycles. The van der Waals surface area contributed by atoms with Crippen molar-refractivity contribution in [1.82, 2.24) is 0 Å². The van der Waals surface area contributed by atoms with Crippen molar-refractivity contribution in [2.75, 3.05) is 5.32 Å². The molecule has 1 rings (SSSR count). The molecule has 3 heteroatoms. The summed E-state index contributed by atoms with van der Waals surface area (Å²) in [5.74, 6) is 0.579. The molecule has 1 aromatic rings. The Morgan fingerprint density at radius 3 is 2.61 bits per heavy atom. The van der Waals surface area contributed by atoms with E-state index in [-0.39, 0.29) is 0 Å². The Kier molecular flexibility index (Phi) is 4.76. The third kappa shape index (κ3) is 5.71. The third-order valence-electron chi connectivity index (χ3n) is 2.14. The Morgan fingerprint density at radius 1 is 1.39 bits per heavy atom. The fourth-order valence-corrected chi connectivity index (χ4v) is 1.60. The van der Waals surface area contributed by atoms with Crippen LogP contribution in [0.15, 0.2) is 18.2 Å². The number of rotatable bonds is 3. The van der Waals surface area contributed by atoms with Gasteiger partial charge in [0.1, 0.15) is 5.60 Å². The number of carbonyl (C=O) groups excluding carboxylic acids is 1. The molecule has 99 valence electrons. The zero-order chi connectivity index (χ0) is 13.8. The van der Waals surface area contributed by atoms with E-state index in [0.717, 1.165) is 12.1 Å². The molecule has 1 radical (unpaired) electrons. The Morgan fingerprint density at radius 2 is 2.06 bits per heavy atom. The largest absolute Gasteiger partial charge is 0.444 e. The van der Waals surface area contributed by atoms with Crippen LogP contribution in [0.3, 0.4) is 0 Å². The maximum atomic E-state index is 11.6. The monoisotopic (exact) mass is 248 g/mol. The van der Waals surface area contributed by atoms with Gasteiger partial charge in [-0.3, -0.25) is 5.32 Å². The van der Waals surface area contributed by atoms with Crippen molar-refractivity contribution in [2.45, 2.75) is 46.6 Å². The highest BCUT2D eigenvalue weighted by Gasteiger charge is 2.16. The van der Waals surface area contributed by atoms with E-state index in [4.69, 9.17) is 4.74 Å². The molecule has 0 bridgehead atoms. The molecule has 3 nitrogen and oxygen atoms in total. The van der Waals surface area contributed by atoms with Crippen molar-refractivity contribution in [2.24, 2.45) is 5.92 Å². The van der Waals surface area contributed by atoms with E-state index in [1.165, 1.54) is 5.56 Å². The molecular weight excluding hydrogens is 226 g/mol. The van der Waals surface area contributed by atoms with Crippen LogP contribution in [-0.2, 0) is 11.2 Å². The number of ether oxygens (including phenoxy) is 1. The molecule has 0 heterocycles. The van der Waals surface area contributed by atoms with Gasteiger partial charge in [-0.15, -0.1) is 0 Å². The molecule has 0 saturated heterocycles. The average molecular weight is 248 g/mol. The molecule has 0 fully saturated rings. The van der Waals surface area contributed by atoms with Gasteiger partial charge in [-0.2, -0.15) is 0 Å². The highest BCUT2D eigenvalue weighted by Crippen LogP contribution is 2.15. The van der Waals surface area contributed by atoms with Gasteiger partial charge in [0.25, 0.3) is 0 Å². The van der Waals surface area contributed by atoms with Crippen LogP contribution in [0.4, 0.5) is 10.5 Å². The Bertz CT molecular complexity index is 405. The van der Waals surface area contributed by atoms with Crippen molar-refractivity contribution in [3.05, 3.63) is 29.8 Å². The van der Waals surface area contributed by atoms with Crippen molar-refractivity contribution >= 4 is 11.8 Å². The molecule has 1 aromatic carbocycles. The second-order valence-corrected chi connectivity index (χ2v) is 5.85. The summed E-state index contributed by atoms with van der Waals surface area (Å²) in [4.78, 5) is 11.6. The van der Waals surface area contributed by atoms with Gasteiger partial charge in [-0.25, -0.2) is 4.79 Å². The fraction of sp³-hybridized carbons (Fsp3) is 0.533. The fourth-order valence-electron chi connectivity index (χ4n) is 1.60. The normalized spacial score (nSPS) is 11.4. The summed E-state index contributed by atoms with van der Waals surface area (Å²) in [6.45, 7) is 9.84. The number of nitrogens with one attached hydrogen (secondary N) is 1. The van der Waals surface area contributed by atoms with Crippen LogP contribution < -0.4 is 5.32 Å². The number of hydrogen-bond acceptors (Lipinski definition) is 2. The summed E-state index contributed by atoms with van der Waals surface area (Å²) in [5, 5.41) is 2.72. The molecular formula is C15H22NO2. The number of carbonyl (C=O) groups is 1. The Labute approximate surface area is 110 Å². The van der Waals surface area contributed by atoms with Crippen LogP contribution in [0.5, 0.6) is 0 Å². The minimum atomic E-state index is -0.483. The molecule has 1 amide bonds. The van der Waals surface area contributed by atoms with Gasteiger partial charge < -0.3 is 4.74 Å². The molecule has 0 spiro atoms. The third-order valence-corrected chi connectivity index (χ3v) is 2.14. The summed E-state index contributed by atoms with van der Waals surface area (Å²) >= 11 is 0. The zero-order valence-electron chi connectivity index (χ0n) is 11.8. The molecule has 0 unspecified atom stereocenters. The summed E-state index contributed by atoms with van der Waals surface area (Å²) in [7, 11) is 0. The van der Waals surface area contributed by atoms with Crippen LogP contribution in [0.2, 0.25) is 0 Å². The molecule has 0 atom stereocenters. The standard InChI is InChI=1S/C15H22NO2/c1-11(2)9-12-7-6-8-13(10-12)16-14(17)18-15(3,4)5/h7-8,10-11H,9H2,1-5H3,(H,16,17). The summed E-state index contributed by atoms with van der Waals surface area (Å²) < 4.78 is 5.20. The highest BCUT2D eigenvalue weighted by atomic mass is 16.6. The minimum Gasteiger partial charge on any atom is -0.444 e. The Hall–Kier alpha value is -1.51. The van der Waals surface area contributed by atoms with E-state index in [1.807, 2.05) is 32.9 Å². The van der Waals surface area contributed by atoms with Crippen LogP contribution in [0, 0.1) is 12.0 Å². The number of amides is 1. The second kappa shape index (κ2) is 5.89. The van der Waals surface area contributed by atoms with Crippen molar-refractivity contribution in [3.8, 4) is 0 Å². The maximum Gasteiger partial charge on any atom is 0.412 e. The predicted octanol–water partition coefficient (Wildman–Crippen LogP) is 4.03. The van der Waals surface area contributed by atoms with E-state index in [9.17, 15) is 4.79 Å². The number of hydrogen-bond donors (Lipinski definition) is 1. The van der Waals surface area contributed by atoms with Crippen LogP contribution in [-0.4, -0.2) is 11.7 Å². The highest BCUT2D eigenvalue weighted by molar-refractivity contribution is 5.84. The second-order valence-electron chi connectivity index (χ2n) is 5.85. The van der Waals surface area contributed by atoms with Gasteiger partial charge in [-0.05, 0) is 56.9 Å². The van der Waals surface area contributed by atoms with Crippen LogP contribution in [0.25, 0.3) is 0 Å². The maximum absolute atomic E-state index is 11.6.